The largest absolute Gasteiger partial charge is 0.497 e. The zero-order valence-corrected chi connectivity index (χ0v) is 14.2. The average molecular weight is 338 g/mol. The van der Waals surface area contributed by atoms with E-state index in [9.17, 15) is 4.79 Å². The highest BCUT2D eigenvalue weighted by molar-refractivity contribution is 7.13. The molecule has 0 aliphatic carbocycles. The minimum Gasteiger partial charge on any atom is -0.497 e. The van der Waals surface area contributed by atoms with Crippen LogP contribution in [-0.2, 0) is 17.8 Å². The van der Waals surface area contributed by atoms with Gasteiger partial charge in [0.25, 0.3) is 0 Å². The number of carbonyl (C=O) groups excluding carboxylic acids is 1. The predicted octanol–water partition coefficient (Wildman–Crippen LogP) is 3.68. The summed E-state index contributed by atoms with van der Waals surface area (Å²) >= 11 is 1.65. The van der Waals surface area contributed by atoms with Gasteiger partial charge in [-0.3, -0.25) is 9.78 Å². The summed E-state index contributed by atoms with van der Waals surface area (Å²) in [6.07, 6.45) is 2.13. The van der Waals surface area contributed by atoms with Crippen LogP contribution < -0.4 is 10.1 Å². The zero-order chi connectivity index (χ0) is 16.8. The van der Waals surface area contributed by atoms with Gasteiger partial charge in [-0.15, -0.1) is 11.3 Å². The lowest BCUT2D eigenvalue weighted by Crippen LogP contribution is -2.24. The SMILES string of the molecule is COc1ccc(CC(=O)NCc2ccnc(-c3cccs3)c2)cc1. The second-order valence-electron chi connectivity index (χ2n) is 5.33. The summed E-state index contributed by atoms with van der Waals surface area (Å²) in [5.74, 6) is 0.784. The Balaban J connectivity index is 1.57. The number of nitrogens with one attached hydrogen (secondary N) is 1. The molecule has 2 aromatic heterocycles. The van der Waals surface area contributed by atoms with Crippen LogP contribution in [0.2, 0.25) is 0 Å². The van der Waals surface area contributed by atoms with Gasteiger partial charge < -0.3 is 10.1 Å². The average Bonchev–Trinajstić information content (AvgIpc) is 3.16. The van der Waals surface area contributed by atoms with Gasteiger partial charge in [0.2, 0.25) is 5.91 Å². The van der Waals surface area contributed by atoms with Crippen molar-refractivity contribution in [3.05, 3.63) is 71.2 Å². The van der Waals surface area contributed by atoms with E-state index in [1.807, 2.05) is 53.9 Å². The summed E-state index contributed by atoms with van der Waals surface area (Å²) in [5, 5.41) is 4.98. The Bertz CT molecular complexity index is 798. The van der Waals surface area contributed by atoms with Crippen LogP contribution in [0.5, 0.6) is 5.75 Å². The quantitative estimate of drug-likeness (QED) is 0.746. The molecule has 2 heterocycles. The number of benzene rings is 1. The monoisotopic (exact) mass is 338 g/mol. The summed E-state index contributed by atoms with van der Waals surface area (Å²) in [5.41, 5.74) is 2.94. The maximum atomic E-state index is 12.1. The second-order valence-corrected chi connectivity index (χ2v) is 6.28. The maximum absolute atomic E-state index is 12.1. The Morgan fingerprint density at radius 3 is 2.71 bits per heavy atom. The highest BCUT2D eigenvalue weighted by Gasteiger charge is 2.06. The lowest BCUT2D eigenvalue weighted by atomic mass is 10.1. The molecule has 0 spiro atoms. The van der Waals surface area contributed by atoms with Gasteiger partial charge in [0.15, 0.2) is 0 Å². The third-order valence-corrected chi connectivity index (χ3v) is 4.50. The highest BCUT2D eigenvalue weighted by atomic mass is 32.1. The molecule has 1 N–H and O–H groups in total. The first-order chi connectivity index (χ1) is 11.7. The minimum atomic E-state index is -0.00495. The molecular weight excluding hydrogens is 320 g/mol. The maximum Gasteiger partial charge on any atom is 0.224 e. The third-order valence-electron chi connectivity index (χ3n) is 3.61. The van der Waals surface area contributed by atoms with E-state index in [1.165, 1.54) is 0 Å². The number of ether oxygens (including phenoxy) is 1. The highest BCUT2D eigenvalue weighted by Crippen LogP contribution is 2.23. The number of rotatable bonds is 6. The molecule has 0 aliphatic heterocycles. The van der Waals surface area contributed by atoms with Gasteiger partial charge in [-0.1, -0.05) is 18.2 Å². The van der Waals surface area contributed by atoms with Gasteiger partial charge in [-0.2, -0.15) is 0 Å². The third kappa shape index (κ3) is 4.20. The van der Waals surface area contributed by atoms with Gasteiger partial charge in [-0.25, -0.2) is 0 Å². The van der Waals surface area contributed by atoms with E-state index >= 15 is 0 Å². The van der Waals surface area contributed by atoms with Crippen molar-refractivity contribution >= 4 is 17.2 Å². The summed E-state index contributed by atoms with van der Waals surface area (Å²) in [4.78, 5) is 17.6. The fraction of sp³-hybridized carbons (Fsp3) is 0.158. The molecule has 0 unspecified atom stereocenters. The Morgan fingerprint density at radius 2 is 2.00 bits per heavy atom. The molecule has 24 heavy (non-hydrogen) atoms. The van der Waals surface area contributed by atoms with E-state index in [4.69, 9.17) is 4.74 Å². The number of thiophene rings is 1. The zero-order valence-electron chi connectivity index (χ0n) is 13.4. The van der Waals surface area contributed by atoms with Crippen molar-refractivity contribution < 1.29 is 9.53 Å². The van der Waals surface area contributed by atoms with Crippen molar-refractivity contribution in [2.24, 2.45) is 0 Å². The molecule has 0 saturated carbocycles. The van der Waals surface area contributed by atoms with E-state index in [1.54, 1.807) is 24.6 Å². The minimum absolute atomic E-state index is 0.00495. The Labute approximate surface area is 145 Å². The van der Waals surface area contributed by atoms with Crippen molar-refractivity contribution in [2.75, 3.05) is 7.11 Å². The molecule has 0 atom stereocenters. The molecule has 0 aliphatic rings. The van der Waals surface area contributed by atoms with Crippen molar-refractivity contribution in [1.82, 2.24) is 10.3 Å². The molecular formula is C19H18N2O2S. The predicted molar refractivity (Wildman–Crippen MR) is 96.1 cm³/mol. The normalized spacial score (nSPS) is 10.4. The molecule has 3 aromatic rings. The van der Waals surface area contributed by atoms with E-state index in [0.29, 0.717) is 13.0 Å². The van der Waals surface area contributed by atoms with Crippen LogP contribution in [-0.4, -0.2) is 18.0 Å². The topological polar surface area (TPSA) is 51.2 Å². The summed E-state index contributed by atoms with van der Waals surface area (Å²) in [6.45, 7) is 0.496. The molecule has 3 rings (SSSR count). The first-order valence-electron chi connectivity index (χ1n) is 7.63. The van der Waals surface area contributed by atoms with Crippen LogP contribution in [0.3, 0.4) is 0 Å². The summed E-state index contributed by atoms with van der Waals surface area (Å²) in [7, 11) is 1.63. The summed E-state index contributed by atoms with van der Waals surface area (Å²) in [6, 6.07) is 15.5. The van der Waals surface area contributed by atoms with Gasteiger partial charge in [0.05, 0.1) is 24.1 Å². The van der Waals surface area contributed by atoms with E-state index in [-0.39, 0.29) is 5.91 Å². The second kappa shape index (κ2) is 7.75. The number of pyridine rings is 1. The van der Waals surface area contributed by atoms with Crippen molar-refractivity contribution in [1.29, 1.82) is 0 Å². The standard InChI is InChI=1S/C19H18N2O2S/c1-23-16-6-4-14(5-7-16)12-19(22)21-13-15-8-9-20-17(11-15)18-3-2-10-24-18/h2-11H,12-13H2,1H3,(H,21,22). The fourth-order valence-electron chi connectivity index (χ4n) is 2.34. The number of aromatic nitrogens is 1. The lowest BCUT2D eigenvalue weighted by Gasteiger charge is -2.07. The van der Waals surface area contributed by atoms with Crippen LogP contribution in [0.1, 0.15) is 11.1 Å². The molecule has 0 saturated heterocycles. The number of carbonyl (C=O) groups is 1. The summed E-state index contributed by atoms with van der Waals surface area (Å²) < 4.78 is 5.12. The van der Waals surface area contributed by atoms with Crippen molar-refractivity contribution in [3.8, 4) is 16.3 Å². The Kier molecular flexibility index (Phi) is 5.23. The number of amides is 1. The Morgan fingerprint density at radius 1 is 1.17 bits per heavy atom. The number of nitrogens with zero attached hydrogens (tertiary/aromatic N) is 1. The van der Waals surface area contributed by atoms with Gasteiger partial charge in [0, 0.05) is 12.7 Å². The molecule has 1 aromatic carbocycles. The van der Waals surface area contributed by atoms with Crippen LogP contribution in [0.15, 0.2) is 60.1 Å². The van der Waals surface area contributed by atoms with Crippen molar-refractivity contribution in [3.63, 3.8) is 0 Å². The van der Waals surface area contributed by atoms with Gasteiger partial charge in [0.1, 0.15) is 5.75 Å². The Hall–Kier alpha value is -2.66. The van der Waals surface area contributed by atoms with Crippen LogP contribution in [0.4, 0.5) is 0 Å². The lowest BCUT2D eigenvalue weighted by molar-refractivity contribution is -0.120. The van der Waals surface area contributed by atoms with Crippen molar-refractivity contribution in [2.45, 2.75) is 13.0 Å². The molecule has 122 valence electrons. The van der Waals surface area contributed by atoms with Crippen LogP contribution in [0, 0.1) is 0 Å². The van der Waals surface area contributed by atoms with Crippen LogP contribution in [0.25, 0.3) is 10.6 Å². The van der Waals surface area contributed by atoms with Gasteiger partial charge in [-0.05, 0) is 46.8 Å². The first kappa shape index (κ1) is 16.2. The molecule has 1 amide bonds. The molecule has 5 heteroatoms. The molecule has 0 bridgehead atoms. The van der Waals surface area contributed by atoms with Gasteiger partial charge >= 0.3 is 0 Å². The number of hydrogen-bond acceptors (Lipinski definition) is 4. The molecule has 4 nitrogen and oxygen atoms in total. The van der Waals surface area contributed by atoms with E-state index < -0.39 is 0 Å². The molecule has 0 fully saturated rings. The fourth-order valence-corrected chi connectivity index (χ4v) is 3.03. The smallest absolute Gasteiger partial charge is 0.224 e. The number of hydrogen-bond donors (Lipinski definition) is 1. The van der Waals surface area contributed by atoms with E-state index in [0.717, 1.165) is 27.4 Å². The first-order valence-corrected chi connectivity index (χ1v) is 8.51. The van der Waals surface area contributed by atoms with Crippen LogP contribution >= 0.6 is 11.3 Å². The molecule has 0 radical (unpaired) electrons. The number of methoxy groups -OCH3 is 1. The van der Waals surface area contributed by atoms with E-state index in [2.05, 4.69) is 10.3 Å².